The topological polar surface area (TPSA) is 67.9 Å². The Labute approximate surface area is 113 Å². The molecule has 0 spiro atoms. The van der Waals surface area contributed by atoms with E-state index in [0.29, 0.717) is 12.4 Å². The average molecular weight is 257 g/mol. The summed E-state index contributed by atoms with van der Waals surface area (Å²) in [6.45, 7) is 4.70. The van der Waals surface area contributed by atoms with E-state index in [1.54, 1.807) is 6.07 Å². The second-order valence-corrected chi connectivity index (χ2v) is 4.55. The molecule has 2 aromatic heterocycles. The van der Waals surface area contributed by atoms with Crippen molar-refractivity contribution < 1.29 is 0 Å². The number of aromatic nitrogens is 3. The molecule has 0 fully saturated rings. The fourth-order valence-electron chi connectivity index (χ4n) is 1.87. The molecular formula is C14H19N5. The standard InChI is InChI=1S/C14H19N5/c1-4-13-17-12(15)8-14(18-13)19(3)9-11-7-5-6-10(2)16-11/h5-8H,4,9H2,1-3H3,(H2,15,17,18). The Morgan fingerprint density at radius 3 is 2.68 bits per heavy atom. The van der Waals surface area contributed by atoms with Crippen LogP contribution in [0.3, 0.4) is 0 Å². The Balaban J connectivity index is 2.20. The third-order valence-electron chi connectivity index (χ3n) is 2.83. The lowest BCUT2D eigenvalue weighted by Gasteiger charge is -2.18. The zero-order valence-corrected chi connectivity index (χ0v) is 11.6. The van der Waals surface area contributed by atoms with Crippen LogP contribution >= 0.6 is 0 Å². The fourth-order valence-corrected chi connectivity index (χ4v) is 1.87. The van der Waals surface area contributed by atoms with Crippen LogP contribution in [0.2, 0.25) is 0 Å². The first-order valence-corrected chi connectivity index (χ1v) is 6.35. The zero-order chi connectivity index (χ0) is 13.8. The average Bonchev–Trinajstić information content (AvgIpc) is 2.38. The number of aryl methyl sites for hydroxylation is 2. The molecule has 0 saturated heterocycles. The molecule has 0 unspecified atom stereocenters. The summed E-state index contributed by atoms with van der Waals surface area (Å²) in [7, 11) is 1.98. The number of nitrogen functional groups attached to an aromatic ring is 1. The first-order valence-electron chi connectivity index (χ1n) is 6.35. The quantitative estimate of drug-likeness (QED) is 0.906. The van der Waals surface area contributed by atoms with E-state index in [1.165, 1.54) is 0 Å². The fraction of sp³-hybridized carbons (Fsp3) is 0.357. The number of hydrogen-bond donors (Lipinski definition) is 1. The van der Waals surface area contributed by atoms with E-state index in [4.69, 9.17) is 5.73 Å². The molecule has 5 nitrogen and oxygen atoms in total. The monoisotopic (exact) mass is 257 g/mol. The number of nitrogens with zero attached hydrogens (tertiary/aromatic N) is 4. The molecule has 2 aromatic rings. The molecule has 2 rings (SSSR count). The molecule has 100 valence electrons. The number of pyridine rings is 1. The number of nitrogens with two attached hydrogens (primary N) is 1. The van der Waals surface area contributed by atoms with Crippen LogP contribution in [0.15, 0.2) is 24.3 Å². The van der Waals surface area contributed by atoms with Gasteiger partial charge in [-0.2, -0.15) is 0 Å². The molecule has 19 heavy (non-hydrogen) atoms. The molecule has 0 amide bonds. The van der Waals surface area contributed by atoms with Gasteiger partial charge in [-0.05, 0) is 19.1 Å². The number of hydrogen-bond acceptors (Lipinski definition) is 5. The summed E-state index contributed by atoms with van der Waals surface area (Å²) in [4.78, 5) is 15.2. The highest BCUT2D eigenvalue weighted by atomic mass is 15.2. The lowest BCUT2D eigenvalue weighted by atomic mass is 10.3. The molecular weight excluding hydrogens is 238 g/mol. The minimum atomic E-state index is 0.505. The predicted molar refractivity (Wildman–Crippen MR) is 76.9 cm³/mol. The van der Waals surface area contributed by atoms with Gasteiger partial charge >= 0.3 is 0 Å². The van der Waals surface area contributed by atoms with Crippen molar-refractivity contribution in [1.29, 1.82) is 0 Å². The van der Waals surface area contributed by atoms with Crippen molar-refractivity contribution in [2.45, 2.75) is 26.8 Å². The Hall–Kier alpha value is -2.17. The van der Waals surface area contributed by atoms with Crippen LogP contribution in [0, 0.1) is 6.92 Å². The van der Waals surface area contributed by atoms with Gasteiger partial charge in [0, 0.05) is 25.2 Å². The molecule has 0 saturated carbocycles. The van der Waals surface area contributed by atoms with Crippen molar-refractivity contribution in [2.24, 2.45) is 0 Å². The van der Waals surface area contributed by atoms with Crippen LogP contribution < -0.4 is 10.6 Å². The van der Waals surface area contributed by atoms with Gasteiger partial charge in [-0.1, -0.05) is 13.0 Å². The molecule has 2 N–H and O–H groups in total. The van der Waals surface area contributed by atoms with E-state index in [2.05, 4.69) is 15.0 Å². The van der Waals surface area contributed by atoms with Crippen molar-refractivity contribution in [2.75, 3.05) is 17.7 Å². The molecule has 0 aliphatic rings. The van der Waals surface area contributed by atoms with E-state index in [9.17, 15) is 0 Å². The van der Waals surface area contributed by atoms with Crippen LogP contribution in [-0.2, 0) is 13.0 Å². The zero-order valence-electron chi connectivity index (χ0n) is 11.6. The lowest BCUT2D eigenvalue weighted by molar-refractivity contribution is 0.837. The van der Waals surface area contributed by atoms with Crippen LogP contribution in [0.4, 0.5) is 11.6 Å². The first kappa shape index (κ1) is 13.3. The Morgan fingerprint density at radius 2 is 2.00 bits per heavy atom. The molecule has 0 bridgehead atoms. The van der Waals surface area contributed by atoms with Gasteiger partial charge in [0.2, 0.25) is 0 Å². The minimum Gasteiger partial charge on any atom is -0.384 e. The van der Waals surface area contributed by atoms with Gasteiger partial charge in [0.1, 0.15) is 17.5 Å². The van der Waals surface area contributed by atoms with Crippen LogP contribution in [0.25, 0.3) is 0 Å². The van der Waals surface area contributed by atoms with Crippen LogP contribution in [-0.4, -0.2) is 22.0 Å². The molecule has 2 heterocycles. The predicted octanol–water partition coefficient (Wildman–Crippen LogP) is 1.96. The maximum Gasteiger partial charge on any atom is 0.134 e. The van der Waals surface area contributed by atoms with Gasteiger partial charge in [-0.25, -0.2) is 9.97 Å². The molecule has 0 aromatic carbocycles. The van der Waals surface area contributed by atoms with E-state index >= 15 is 0 Å². The number of anilines is 2. The molecule has 0 atom stereocenters. The Kier molecular flexibility index (Phi) is 3.94. The van der Waals surface area contributed by atoms with Crippen LogP contribution in [0.5, 0.6) is 0 Å². The second kappa shape index (κ2) is 5.65. The molecule has 5 heteroatoms. The van der Waals surface area contributed by atoms with Gasteiger partial charge in [0.25, 0.3) is 0 Å². The maximum atomic E-state index is 5.80. The minimum absolute atomic E-state index is 0.505. The van der Waals surface area contributed by atoms with Crippen LogP contribution in [0.1, 0.15) is 24.1 Å². The third kappa shape index (κ3) is 3.40. The van der Waals surface area contributed by atoms with E-state index in [1.807, 2.05) is 44.0 Å². The van der Waals surface area contributed by atoms with Gasteiger partial charge in [0.05, 0.1) is 12.2 Å². The van der Waals surface area contributed by atoms with Crippen molar-refractivity contribution in [3.05, 3.63) is 41.5 Å². The normalized spacial score (nSPS) is 10.5. The lowest BCUT2D eigenvalue weighted by Crippen LogP contribution is -2.20. The highest BCUT2D eigenvalue weighted by Gasteiger charge is 2.07. The Morgan fingerprint density at radius 1 is 1.21 bits per heavy atom. The van der Waals surface area contributed by atoms with E-state index < -0.39 is 0 Å². The van der Waals surface area contributed by atoms with E-state index in [-0.39, 0.29) is 0 Å². The number of rotatable bonds is 4. The summed E-state index contributed by atoms with van der Waals surface area (Å²) in [6, 6.07) is 7.79. The largest absolute Gasteiger partial charge is 0.384 e. The second-order valence-electron chi connectivity index (χ2n) is 4.55. The summed E-state index contributed by atoms with van der Waals surface area (Å²) in [5.74, 6) is 2.10. The summed E-state index contributed by atoms with van der Waals surface area (Å²) in [5, 5.41) is 0. The Bertz CT molecular complexity index is 568. The van der Waals surface area contributed by atoms with Gasteiger partial charge in [0.15, 0.2) is 0 Å². The third-order valence-corrected chi connectivity index (χ3v) is 2.83. The maximum absolute atomic E-state index is 5.80. The SMILES string of the molecule is CCc1nc(N)cc(N(C)Cc2cccc(C)n2)n1. The van der Waals surface area contributed by atoms with Crippen molar-refractivity contribution in [3.8, 4) is 0 Å². The molecule has 0 aliphatic heterocycles. The highest BCUT2D eigenvalue weighted by Crippen LogP contribution is 2.15. The smallest absolute Gasteiger partial charge is 0.134 e. The molecule has 0 aliphatic carbocycles. The van der Waals surface area contributed by atoms with Crippen molar-refractivity contribution in [1.82, 2.24) is 15.0 Å². The molecule has 0 radical (unpaired) electrons. The summed E-state index contributed by atoms with van der Waals surface area (Å²) in [5.41, 5.74) is 7.82. The highest BCUT2D eigenvalue weighted by molar-refractivity contribution is 5.46. The van der Waals surface area contributed by atoms with E-state index in [0.717, 1.165) is 29.5 Å². The van der Waals surface area contributed by atoms with Crippen molar-refractivity contribution >= 4 is 11.6 Å². The van der Waals surface area contributed by atoms with Gasteiger partial charge < -0.3 is 10.6 Å². The van der Waals surface area contributed by atoms with Gasteiger partial charge in [-0.15, -0.1) is 0 Å². The van der Waals surface area contributed by atoms with Gasteiger partial charge in [-0.3, -0.25) is 4.98 Å². The first-order chi connectivity index (χ1) is 9.08. The summed E-state index contributed by atoms with van der Waals surface area (Å²) < 4.78 is 0. The van der Waals surface area contributed by atoms with Crippen molar-refractivity contribution in [3.63, 3.8) is 0 Å². The summed E-state index contributed by atoms with van der Waals surface area (Å²) >= 11 is 0. The summed E-state index contributed by atoms with van der Waals surface area (Å²) in [6.07, 6.45) is 0.772.